The van der Waals surface area contributed by atoms with Crippen LogP contribution in [0.5, 0.6) is 0 Å². The van der Waals surface area contributed by atoms with Crippen LogP contribution in [0, 0.1) is 0 Å². The molecule has 3 aromatic carbocycles. The summed E-state index contributed by atoms with van der Waals surface area (Å²) >= 11 is 5.81. The fourth-order valence-electron chi connectivity index (χ4n) is 2.66. The lowest BCUT2D eigenvalue weighted by atomic mass is 10.1. The summed E-state index contributed by atoms with van der Waals surface area (Å²) in [4.78, 5) is 12.8. The molecule has 0 heterocycles. The van der Waals surface area contributed by atoms with E-state index in [-0.39, 0.29) is 21.9 Å². The van der Waals surface area contributed by atoms with Crippen molar-refractivity contribution in [2.45, 2.75) is 11.8 Å². The van der Waals surface area contributed by atoms with Crippen LogP contribution in [0.4, 0.5) is 17.1 Å². The van der Waals surface area contributed by atoms with Crippen molar-refractivity contribution in [1.29, 1.82) is 0 Å². The van der Waals surface area contributed by atoms with Gasteiger partial charge < -0.3 is 5.32 Å². The number of hydrogen-bond donors (Lipinski definition) is 3. The fourth-order valence-corrected chi connectivity index (χ4v) is 4.50. The molecule has 1 amide bonds. The van der Waals surface area contributed by atoms with Gasteiger partial charge in [-0.3, -0.25) is 14.2 Å². The average molecular weight is 494 g/mol. The molecule has 0 bridgehead atoms. The molecular formula is C21H20ClN3O5S2. The minimum absolute atomic E-state index is 0.00207. The molecule has 0 aliphatic rings. The van der Waals surface area contributed by atoms with Crippen molar-refractivity contribution < 1.29 is 21.6 Å². The van der Waals surface area contributed by atoms with Gasteiger partial charge in [0.25, 0.3) is 15.9 Å². The standard InChI is InChI=1S/C21H20ClN3O5S2/c1-2-31(27,28)24-17-11-9-16(10-12-17)23-21(26)19-5-3-4-6-20(19)25-32(29,30)18-13-7-15(22)8-14-18/h3-14,24-25H,2H2,1H3,(H,23,26). The maximum absolute atomic E-state index is 12.8. The van der Waals surface area contributed by atoms with Crippen LogP contribution < -0.4 is 14.8 Å². The van der Waals surface area contributed by atoms with E-state index < -0.39 is 26.0 Å². The molecular weight excluding hydrogens is 474 g/mol. The second-order valence-corrected chi connectivity index (χ2v) is 10.8. The largest absolute Gasteiger partial charge is 0.322 e. The zero-order valence-corrected chi connectivity index (χ0v) is 19.3. The summed E-state index contributed by atoms with van der Waals surface area (Å²) in [5.74, 6) is -0.602. The number of rotatable bonds is 8. The Labute approximate surface area is 191 Å². The van der Waals surface area contributed by atoms with Gasteiger partial charge in [-0.1, -0.05) is 23.7 Å². The third-order valence-electron chi connectivity index (χ3n) is 4.34. The first-order valence-corrected chi connectivity index (χ1v) is 12.9. The molecule has 168 valence electrons. The van der Waals surface area contributed by atoms with Crippen molar-refractivity contribution in [1.82, 2.24) is 0 Å². The maximum atomic E-state index is 12.8. The Kier molecular flexibility index (Phi) is 7.07. The van der Waals surface area contributed by atoms with E-state index in [2.05, 4.69) is 14.8 Å². The first-order chi connectivity index (χ1) is 15.1. The van der Waals surface area contributed by atoms with E-state index in [1.807, 2.05) is 0 Å². The van der Waals surface area contributed by atoms with E-state index in [1.54, 1.807) is 12.1 Å². The maximum Gasteiger partial charge on any atom is 0.261 e. The summed E-state index contributed by atoms with van der Waals surface area (Å²) in [5, 5.41) is 3.07. The van der Waals surface area contributed by atoms with E-state index in [1.165, 1.54) is 67.6 Å². The highest BCUT2D eigenvalue weighted by Crippen LogP contribution is 2.23. The molecule has 0 aliphatic heterocycles. The van der Waals surface area contributed by atoms with E-state index in [0.717, 1.165) is 0 Å². The van der Waals surface area contributed by atoms with E-state index >= 15 is 0 Å². The molecule has 0 aromatic heterocycles. The first-order valence-electron chi connectivity index (χ1n) is 9.39. The summed E-state index contributed by atoms with van der Waals surface area (Å²) in [6.45, 7) is 1.52. The lowest BCUT2D eigenvalue weighted by molar-refractivity contribution is 0.102. The molecule has 0 saturated carbocycles. The predicted molar refractivity (Wildman–Crippen MR) is 126 cm³/mol. The van der Waals surface area contributed by atoms with Crippen molar-refractivity contribution in [3.63, 3.8) is 0 Å². The summed E-state index contributed by atoms with van der Waals surface area (Å²) in [7, 11) is -7.35. The molecule has 3 N–H and O–H groups in total. The van der Waals surface area contributed by atoms with Gasteiger partial charge in [0.05, 0.1) is 21.9 Å². The molecule has 0 aliphatic carbocycles. The van der Waals surface area contributed by atoms with E-state index in [0.29, 0.717) is 16.4 Å². The van der Waals surface area contributed by atoms with Crippen LogP contribution in [0.15, 0.2) is 77.7 Å². The highest BCUT2D eigenvalue weighted by Gasteiger charge is 2.19. The zero-order valence-electron chi connectivity index (χ0n) is 16.9. The van der Waals surface area contributed by atoms with Crippen LogP contribution in [-0.4, -0.2) is 28.5 Å². The molecule has 0 unspecified atom stereocenters. The lowest BCUT2D eigenvalue weighted by Gasteiger charge is -2.13. The third-order valence-corrected chi connectivity index (χ3v) is 7.28. The van der Waals surface area contributed by atoms with E-state index in [4.69, 9.17) is 11.6 Å². The second kappa shape index (κ2) is 9.60. The molecule has 0 spiro atoms. The lowest BCUT2D eigenvalue weighted by Crippen LogP contribution is -2.18. The van der Waals surface area contributed by atoms with Crippen molar-refractivity contribution in [3.8, 4) is 0 Å². The van der Waals surface area contributed by atoms with Crippen molar-refractivity contribution >= 4 is 54.6 Å². The van der Waals surface area contributed by atoms with Crippen molar-refractivity contribution in [2.24, 2.45) is 0 Å². The number of hydrogen-bond acceptors (Lipinski definition) is 5. The number of carbonyl (C=O) groups excluding carboxylic acids is 1. The number of para-hydroxylation sites is 1. The topological polar surface area (TPSA) is 121 Å². The zero-order chi connectivity index (χ0) is 23.4. The average Bonchev–Trinajstić information content (AvgIpc) is 2.75. The SMILES string of the molecule is CCS(=O)(=O)Nc1ccc(NC(=O)c2ccccc2NS(=O)(=O)c2ccc(Cl)cc2)cc1. The number of nitrogens with one attached hydrogen (secondary N) is 3. The second-order valence-electron chi connectivity index (χ2n) is 6.64. The molecule has 0 fully saturated rings. The van der Waals surface area contributed by atoms with E-state index in [9.17, 15) is 21.6 Å². The Morgan fingerprint density at radius 3 is 2.03 bits per heavy atom. The number of carbonyl (C=O) groups is 1. The molecule has 32 heavy (non-hydrogen) atoms. The smallest absolute Gasteiger partial charge is 0.261 e. The number of benzene rings is 3. The Morgan fingerprint density at radius 1 is 0.812 bits per heavy atom. The van der Waals surface area contributed by atoms with Crippen molar-refractivity contribution in [3.05, 3.63) is 83.4 Å². The van der Waals surface area contributed by atoms with Crippen LogP contribution in [-0.2, 0) is 20.0 Å². The minimum Gasteiger partial charge on any atom is -0.322 e. The highest BCUT2D eigenvalue weighted by molar-refractivity contribution is 7.93. The number of anilines is 3. The molecule has 0 atom stereocenters. The number of sulfonamides is 2. The van der Waals surface area contributed by atoms with Crippen molar-refractivity contribution in [2.75, 3.05) is 20.5 Å². The normalized spacial score (nSPS) is 11.6. The molecule has 3 rings (SSSR count). The third kappa shape index (κ3) is 6.00. The van der Waals surface area contributed by atoms with Gasteiger partial charge in [0.15, 0.2) is 0 Å². The monoisotopic (exact) mass is 493 g/mol. The minimum atomic E-state index is -3.94. The van der Waals surface area contributed by atoms with Crippen LogP contribution >= 0.6 is 11.6 Å². The van der Waals surface area contributed by atoms with Crippen LogP contribution in [0.1, 0.15) is 17.3 Å². The van der Waals surface area contributed by atoms with Gasteiger partial charge >= 0.3 is 0 Å². The van der Waals surface area contributed by atoms with Gasteiger partial charge in [-0.05, 0) is 67.6 Å². The van der Waals surface area contributed by atoms with Crippen LogP contribution in [0.25, 0.3) is 0 Å². The number of amides is 1. The molecule has 11 heteroatoms. The Morgan fingerprint density at radius 2 is 1.41 bits per heavy atom. The quantitative estimate of drug-likeness (QED) is 0.435. The van der Waals surface area contributed by atoms with Gasteiger partial charge in [-0.2, -0.15) is 0 Å². The van der Waals surface area contributed by atoms with Gasteiger partial charge in [-0.25, -0.2) is 16.8 Å². The summed E-state index contributed by atoms with van der Waals surface area (Å²) in [6.07, 6.45) is 0. The molecule has 0 saturated heterocycles. The van der Waals surface area contributed by atoms with Crippen LogP contribution in [0.3, 0.4) is 0 Å². The molecule has 0 radical (unpaired) electrons. The molecule has 8 nitrogen and oxygen atoms in total. The summed E-state index contributed by atoms with van der Waals surface area (Å²) < 4.78 is 53.5. The fraction of sp³-hybridized carbons (Fsp3) is 0.0952. The molecule has 3 aromatic rings. The van der Waals surface area contributed by atoms with Gasteiger partial charge in [0, 0.05) is 16.4 Å². The predicted octanol–water partition coefficient (Wildman–Crippen LogP) is 4.15. The van der Waals surface area contributed by atoms with Gasteiger partial charge in [0.2, 0.25) is 10.0 Å². The summed E-state index contributed by atoms with van der Waals surface area (Å²) in [6, 6.07) is 17.9. The van der Waals surface area contributed by atoms with Crippen LogP contribution in [0.2, 0.25) is 5.02 Å². The highest BCUT2D eigenvalue weighted by atomic mass is 35.5. The Hall–Kier alpha value is -3.08. The number of halogens is 1. The Bertz CT molecular complexity index is 1320. The van der Waals surface area contributed by atoms with Gasteiger partial charge in [-0.15, -0.1) is 0 Å². The Balaban J connectivity index is 1.78. The summed E-state index contributed by atoms with van der Waals surface area (Å²) in [5.41, 5.74) is 0.985. The van der Waals surface area contributed by atoms with Gasteiger partial charge in [0.1, 0.15) is 0 Å². The first kappa shape index (κ1) is 23.6.